The molecular formula is C27H51NO4Si. The summed E-state index contributed by atoms with van der Waals surface area (Å²) in [6.07, 6.45) is 11.7. The summed E-state index contributed by atoms with van der Waals surface area (Å²) in [5.74, 6) is 0.755. The number of rotatable bonds is 7. The zero-order valence-corrected chi connectivity index (χ0v) is 24.0. The van der Waals surface area contributed by atoms with Gasteiger partial charge < -0.3 is 13.9 Å². The predicted octanol–water partition coefficient (Wildman–Crippen LogP) is 7.30. The molecule has 0 spiro atoms. The number of fused-ring (bicyclic) bond motifs is 2. The molecule has 0 aromatic heterocycles. The summed E-state index contributed by atoms with van der Waals surface area (Å²) in [6.45, 7) is 18.1. The van der Waals surface area contributed by atoms with Crippen molar-refractivity contribution in [3.05, 3.63) is 0 Å². The van der Waals surface area contributed by atoms with Crippen molar-refractivity contribution in [2.24, 2.45) is 5.92 Å². The Hall–Kier alpha value is -0.593. The molecule has 0 aromatic rings. The van der Waals surface area contributed by atoms with Crippen molar-refractivity contribution in [1.82, 2.24) is 4.90 Å². The maximum Gasteiger partial charge on any atom is 0.411 e. The SMILES string of the molecule is CO[C@H]1CC[C@H](CCC23CCC(CO[Si](C)(C)C(C)(C)C)(CC2)N3C(=O)OC(C)(C)C)CC1. The Morgan fingerprint density at radius 1 is 0.939 bits per heavy atom. The van der Waals surface area contributed by atoms with Gasteiger partial charge in [0.1, 0.15) is 5.60 Å². The molecule has 3 fully saturated rings. The maximum absolute atomic E-state index is 13.6. The lowest BCUT2D eigenvalue weighted by atomic mass is 9.76. The maximum atomic E-state index is 13.6. The summed E-state index contributed by atoms with van der Waals surface area (Å²) in [4.78, 5) is 15.8. The zero-order valence-electron chi connectivity index (χ0n) is 23.0. The van der Waals surface area contributed by atoms with E-state index in [0.29, 0.717) is 12.7 Å². The first-order valence-corrected chi connectivity index (χ1v) is 16.2. The molecule has 0 N–H and O–H groups in total. The van der Waals surface area contributed by atoms with Gasteiger partial charge in [0, 0.05) is 12.6 Å². The summed E-state index contributed by atoms with van der Waals surface area (Å²) >= 11 is 0. The fourth-order valence-electron chi connectivity index (χ4n) is 6.06. The van der Waals surface area contributed by atoms with E-state index in [9.17, 15) is 4.79 Å². The zero-order chi connectivity index (χ0) is 24.7. The fraction of sp³-hybridized carbons (Fsp3) is 0.963. The molecule has 0 atom stereocenters. The van der Waals surface area contributed by atoms with Crippen molar-refractivity contribution >= 4 is 14.4 Å². The Morgan fingerprint density at radius 3 is 1.97 bits per heavy atom. The normalized spacial score (nSPS) is 32.9. The topological polar surface area (TPSA) is 48.0 Å². The Morgan fingerprint density at radius 2 is 1.48 bits per heavy atom. The Kier molecular flexibility index (Phi) is 7.74. The van der Waals surface area contributed by atoms with E-state index in [1.807, 2.05) is 27.9 Å². The summed E-state index contributed by atoms with van der Waals surface area (Å²) < 4.78 is 18.3. The lowest BCUT2D eigenvalue weighted by molar-refractivity contribution is -0.0157. The van der Waals surface area contributed by atoms with Gasteiger partial charge in [-0.15, -0.1) is 0 Å². The second-order valence-electron chi connectivity index (χ2n) is 13.7. The van der Waals surface area contributed by atoms with Crippen molar-refractivity contribution in [3.63, 3.8) is 0 Å². The van der Waals surface area contributed by atoms with Gasteiger partial charge in [-0.05, 0) is 109 Å². The highest BCUT2D eigenvalue weighted by Crippen LogP contribution is 2.57. The van der Waals surface area contributed by atoms with Crippen LogP contribution in [-0.2, 0) is 13.9 Å². The monoisotopic (exact) mass is 481 g/mol. The van der Waals surface area contributed by atoms with Crippen LogP contribution in [0.2, 0.25) is 18.1 Å². The van der Waals surface area contributed by atoms with Gasteiger partial charge in [-0.25, -0.2) is 4.79 Å². The number of hydrogen-bond acceptors (Lipinski definition) is 4. The largest absolute Gasteiger partial charge is 0.444 e. The van der Waals surface area contributed by atoms with Crippen LogP contribution in [0.3, 0.4) is 0 Å². The van der Waals surface area contributed by atoms with Crippen LogP contribution >= 0.6 is 0 Å². The van der Waals surface area contributed by atoms with Gasteiger partial charge in [0.15, 0.2) is 8.32 Å². The molecule has 1 saturated carbocycles. The number of carbonyl (C=O) groups is 1. The summed E-state index contributed by atoms with van der Waals surface area (Å²) in [7, 11) is -0.0604. The van der Waals surface area contributed by atoms with E-state index in [2.05, 4.69) is 38.8 Å². The summed E-state index contributed by atoms with van der Waals surface area (Å²) in [6, 6.07) is 0. The number of nitrogens with zero attached hydrogens (tertiary/aromatic N) is 1. The molecule has 3 aliphatic rings. The van der Waals surface area contributed by atoms with Gasteiger partial charge >= 0.3 is 6.09 Å². The molecule has 3 rings (SSSR count). The molecule has 2 saturated heterocycles. The van der Waals surface area contributed by atoms with Crippen molar-refractivity contribution in [2.75, 3.05) is 13.7 Å². The second kappa shape index (κ2) is 9.46. The van der Waals surface area contributed by atoms with Crippen molar-refractivity contribution in [3.8, 4) is 0 Å². The van der Waals surface area contributed by atoms with Crippen LogP contribution < -0.4 is 0 Å². The Labute approximate surface area is 204 Å². The van der Waals surface area contributed by atoms with Crippen LogP contribution in [0.5, 0.6) is 0 Å². The van der Waals surface area contributed by atoms with Gasteiger partial charge in [0.2, 0.25) is 0 Å². The first-order valence-electron chi connectivity index (χ1n) is 13.3. The third-order valence-corrected chi connectivity index (χ3v) is 13.8. The molecule has 2 bridgehead atoms. The highest BCUT2D eigenvalue weighted by Gasteiger charge is 2.63. The molecule has 192 valence electrons. The minimum Gasteiger partial charge on any atom is -0.444 e. The second-order valence-corrected chi connectivity index (χ2v) is 18.5. The lowest BCUT2D eigenvalue weighted by Crippen LogP contribution is -2.56. The Bertz CT molecular complexity index is 677. The van der Waals surface area contributed by atoms with Crippen LogP contribution in [0.1, 0.15) is 106 Å². The average Bonchev–Trinajstić information content (AvgIpc) is 3.20. The van der Waals surface area contributed by atoms with Crippen molar-refractivity contribution in [2.45, 2.75) is 147 Å². The van der Waals surface area contributed by atoms with Crippen LogP contribution in [0, 0.1) is 5.92 Å². The van der Waals surface area contributed by atoms with Crippen molar-refractivity contribution < 1.29 is 18.7 Å². The van der Waals surface area contributed by atoms with Gasteiger partial charge in [-0.1, -0.05) is 20.8 Å². The quantitative estimate of drug-likeness (QED) is 0.358. The summed E-state index contributed by atoms with van der Waals surface area (Å²) in [5.41, 5.74) is -0.747. The molecule has 5 nitrogen and oxygen atoms in total. The van der Waals surface area contributed by atoms with E-state index in [-0.39, 0.29) is 22.2 Å². The molecule has 0 unspecified atom stereocenters. The molecule has 0 aromatic carbocycles. The third kappa shape index (κ3) is 5.80. The van der Waals surface area contributed by atoms with E-state index in [0.717, 1.165) is 38.0 Å². The highest BCUT2D eigenvalue weighted by atomic mass is 28.4. The van der Waals surface area contributed by atoms with Crippen LogP contribution in [0.4, 0.5) is 4.79 Å². The van der Waals surface area contributed by atoms with E-state index in [1.165, 1.54) is 32.1 Å². The smallest absolute Gasteiger partial charge is 0.411 e. The molecule has 2 aliphatic heterocycles. The number of carbonyl (C=O) groups excluding carboxylic acids is 1. The van der Waals surface area contributed by atoms with Gasteiger partial charge in [-0.3, -0.25) is 4.90 Å². The number of methoxy groups -OCH3 is 1. The number of ether oxygens (including phenoxy) is 2. The van der Waals surface area contributed by atoms with Gasteiger partial charge in [-0.2, -0.15) is 0 Å². The van der Waals surface area contributed by atoms with Gasteiger partial charge in [0.25, 0.3) is 0 Å². The molecule has 1 amide bonds. The summed E-state index contributed by atoms with van der Waals surface area (Å²) in [5, 5.41) is 0.162. The molecule has 6 heteroatoms. The standard InChI is InChI=1S/C27H51NO4Si/c1-24(2,3)32-23(29)28-26(15-14-21-10-12-22(30-7)13-11-21)16-18-27(28,19-17-26)20-31-33(8,9)25(4,5)6/h21-22H,10-20H2,1-9H3/t21-,22-,26?,27?. The van der Waals surface area contributed by atoms with Crippen LogP contribution in [-0.4, -0.2) is 55.8 Å². The van der Waals surface area contributed by atoms with Crippen LogP contribution in [0.25, 0.3) is 0 Å². The van der Waals surface area contributed by atoms with Crippen molar-refractivity contribution in [1.29, 1.82) is 0 Å². The predicted molar refractivity (Wildman–Crippen MR) is 137 cm³/mol. The van der Waals surface area contributed by atoms with E-state index in [4.69, 9.17) is 13.9 Å². The first-order chi connectivity index (χ1) is 15.1. The lowest BCUT2D eigenvalue weighted by Gasteiger charge is -2.43. The average molecular weight is 482 g/mol. The molecule has 0 radical (unpaired) electrons. The van der Waals surface area contributed by atoms with E-state index >= 15 is 0 Å². The number of hydrogen-bond donors (Lipinski definition) is 0. The molecular weight excluding hydrogens is 430 g/mol. The minimum atomic E-state index is -1.90. The number of amides is 1. The van der Waals surface area contributed by atoms with Crippen LogP contribution in [0.15, 0.2) is 0 Å². The van der Waals surface area contributed by atoms with E-state index < -0.39 is 13.9 Å². The highest BCUT2D eigenvalue weighted by molar-refractivity contribution is 6.74. The third-order valence-electron chi connectivity index (χ3n) is 9.29. The first kappa shape index (κ1) is 27.0. The molecule has 33 heavy (non-hydrogen) atoms. The Balaban J connectivity index is 1.76. The van der Waals surface area contributed by atoms with Gasteiger partial charge in [0.05, 0.1) is 18.2 Å². The minimum absolute atomic E-state index is 0.0583. The molecule has 2 heterocycles. The molecule has 1 aliphatic carbocycles. The fourth-order valence-corrected chi connectivity index (χ4v) is 7.12. The van der Waals surface area contributed by atoms with E-state index in [1.54, 1.807) is 0 Å².